The van der Waals surface area contributed by atoms with Gasteiger partial charge in [0.15, 0.2) is 0 Å². The third-order valence-corrected chi connectivity index (χ3v) is 2.62. The van der Waals surface area contributed by atoms with Crippen LogP contribution in [0.2, 0.25) is 0 Å². The highest BCUT2D eigenvalue weighted by atomic mass is 32.2. The summed E-state index contributed by atoms with van der Waals surface area (Å²) in [5, 5.41) is 24.9. The maximum absolute atomic E-state index is 11.0. The molecule has 13 heavy (non-hydrogen) atoms. The zero-order valence-corrected chi connectivity index (χ0v) is 7.79. The largest absolute Gasteiger partial charge is 0.467 e. The molecule has 0 aromatic heterocycles. The first kappa shape index (κ1) is 12.4. The van der Waals surface area contributed by atoms with Crippen LogP contribution in [0.3, 0.4) is 0 Å². The van der Waals surface area contributed by atoms with E-state index in [0.29, 0.717) is 0 Å². The second-order valence-corrected chi connectivity index (χ2v) is 4.34. The minimum Gasteiger partial charge on any atom is -0.426 e. The molecular weight excluding hydrogens is 195 g/mol. The lowest BCUT2D eigenvalue weighted by molar-refractivity contribution is 0.404. The van der Waals surface area contributed by atoms with Crippen LogP contribution in [0.15, 0.2) is 0 Å². The average Bonchev–Trinajstić information content (AvgIpc) is 2.02. The quantitative estimate of drug-likeness (QED) is 0.351. The molecule has 0 radical (unpaired) electrons. The molecule has 0 aliphatic rings. The summed E-state index contributed by atoms with van der Waals surface area (Å²) in [6, 6.07) is 1.81. The maximum atomic E-state index is 11.0. The van der Waals surface area contributed by atoms with E-state index < -0.39 is 23.6 Å². The van der Waals surface area contributed by atoms with Gasteiger partial charge in [0.2, 0.25) is 10.0 Å². The van der Waals surface area contributed by atoms with Gasteiger partial charge in [0, 0.05) is 12.9 Å². The molecule has 0 aliphatic carbocycles. The summed E-state index contributed by atoms with van der Waals surface area (Å²) in [4.78, 5) is 0. The molecule has 0 rings (SSSR count). The van der Waals surface area contributed by atoms with Crippen LogP contribution in [0.4, 0.5) is 0 Å². The van der Waals surface area contributed by atoms with Gasteiger partial charge in [-0.3, -0.25) is 0 Å². The summed E-state index contributed by atoms with van der Waals surface area (Å²) in [6.45, 7) is 0. The average molecular weight is 206 g/mol. The van der Waals surface area contributed by atoms with E-state index in [-0.39, 0.29) is 18.6 Å². The zero-order chi connectivity index (χ0) is 10.3. The lowest BCUT2D eigenvalue weighted by Crippen LogP contribution is -2.36. The Balaban J connectivity index is 3.76. The minimum atomic E-state index is -3.47. The number of nitriles is 1. The molecule has 0 atom stereocenters. The smallest absolute Gasteiger partial charge is 0.426 e. The Morgan fingerprint density at radius 2 is 2.08 bits per heavy atom. The van der Waals surface area contributed by atoms with Crippen LogP contribution in [-0.2, 0) is 10.0 Å². The third kappa shape index (κ3) is 7.74. The minimum absolute atomic E-state index is 0.169. The van der Waals surface area contributed by atoms with Crippen LogP contribution in [0.1, 0.15) is 12.8 Å². The zero-order valence-electron chi connectivity index (χ0n) is 6.97. The van der Waals surface area contributed by atoms with Crippen molar-refractivity contribution in [2.75, 3.05) is 12.2 Å². The monoisotopic (exact) mass is 206 g/mol. The van der Waals surface area contributed by atoms with E-state index in [2.05, 4.69) is 0 Å². The van der Waals surface area contributed by atoms with Gasteiger partial charge in [0.25, 0.3) is 0 Å². The fourth-order valence-electron chi connectivity index (χ4n) is 0.615. The SMILES string of the molecule is N#CCCCS(=O)(=O)NCB(O)O. The highest BCUT2D eigenvalue weighted by Crippen LogP contribution is 1.92. The van der Waals surface area contributed by atoms with E-state index >= 15 is 0 Å². The van der Waals surface area contributed by atoms with Gasteiger partial charge in [-0.25, -0.2) is 13.1 Å². The van der Waals surface area contributed by atoms with Crippen LogP contribution in [-0.4, -0.2) is 37.8 Å². The Kier molecular flexibility index (Phi) is 5.65. The van der Waals surface area contributed by atoms with E-state index in [0.717, 1.165) is 0 Å². The molecule has 0 saturated heterocycles. The van der Waals surface area contributed by atoms with Crippen LogP contribution < -0.4 is 4.72 Å². The summed E-state index contributed by atoms with van der Waals surface area (Å²) < 4.78 is 23.9. The topological polar surface area (TPSA) is 110 Å². The molecule has 0 spiro atoms. The molecule has 0 heterocycles. The van der Waals surface area contributed by atoms with Crippen LogP contribution in [0.25, 0.3) is 0 Å². The van der Waals surface area contributed by atoms with Crippen molar-refractivity contribution in [2.24, 2.45) is 0 Å². The van der Waals surface area contributed by atoms with Gasteiger partial charge in [-0.2, -0.15) is 5.26 Å². The van der Waals surface area contributed by atoms with Crippen molar-refractivity contribution in [3.05, 3.63) is 0 Å². The molecule has 0 aromatic rings. The highest BCUT2D eigenvalue weighted by molar-refractivity contribution is 7.89. The molecule has 0 bridgehead atoms. The Bertz CT molecular complexity index is 271. The number of unbranched alkanes of at least 4 members (excludes halogenated alkanes) is 1. The molecule has 0 amide bonds. The van der Waals surface area contributed by atoms with Gasteiger partial charge in [0.1, 0.15) is 0 Å². The van der Waals surface area contributed by atoms with Gasteiger partial charge < -0.3 is 10.0 Å². The highest BCUT2D eigenvalue weighted by Gasteiger charge is 2.13. The molecule has 0 saturated carbocycles. The lowest BCUT2D eigenvalue weighted by atomic mass is 9.94. The molecule has 0 unspecified atom stereocenters. The standard InChI is InChI=1S/C5H11BN2O4S/c7-3-1-2-4-13(11,12)8-5-6(9)10/h8-10H,1-2,4-5H2. The van der Waals surface area contributed by atoms with Crippen molar-refractivity contribution in [1.82, 2.24) is 4.72 Å². The first-order valence-corrected chi connectivity index (χ1v) is 5.33. The van der Waals surface area contributed by atoms with Gasteiger partial charge in [0.05, 0.1) is 11.8 Å². The molecule has 3 N–H and O–H groups in total. The van der Waals surface area contributed by atoms with E-state index in [9.17, 15) is 8.42 Å². The molecule has 74 valence electrons. The van der Waals surface area contributed by atoms with Gasteiger partial charge >= 0.3 is 7.12 Å². The van der Waals surface area contributed by atoms with Crippen molar-refractivity contribution < 1.29 is 18.5 Å². The summed E-state index contributed by atoms with van der Waals surface area (Å²) in [7, 11) is -5.16. The van der Waals surface area contributed by atoms with E-state index in [1.165, 1.54) is 0 Å². The number of hydrogen-bond donors (Lipinski definition) is 3. The van der Waals surface area contributed by atoms with Crippen molar-refractivity contribution in [3.63, 3.8) is 0 Å². The Hall–Kier alpha value is -0.615. The van der Waals surface area contributed by atoms with Crippen molar-refractivity contribution in [1.29, 1.82) is 5.26 Å². The fraction of sp³-hybridized carbons (Fsp3) is 0.800. The summed E-state index contributed by atoms with van der Waals surface area (Å²) >= 11 is 0. The summed E-state index contributed by atoms with van der Waals surface area (Å²) in [6.07, 6.45) is -0.00909. The van der Waals surface area contributed by atoms with Gasteiger partial charge in [-0.05, 0) is 6.42 Å². The van der Waals surface area contributed by atoms with Crippen molar-refractivity contribution >= 4 is 17.1 Å². The van der Waals surface area contributed by atoms with E-state index in [1.807, 2.05) is 10.8 Å². The first-order chi connectivity index (χ1) is 5.98. The Morgan fingerprint density at radius 3 is 2.54 bits per heavy atom. The number of sulfonamides is 1. The second kappa shape index (κ2) is 5.93. The molecular formula is C5H11BN2O4S. The summed E-state index contributed by atoms with van der Waals surface area (Å²) in [5.41, 5.74) is 0. The number of nitrogens with one attached hydrogen (secondary N) is 1. The number of hydrogen-bond acceptors (Lipinski definition) is 5. The summed E-state index contributed by atoms with van der Waals surface area (Å²) in [5.74, 6) is -0.173. The molecule has 0 aliphatic heterocycles. The predicted octanol–water partition coefficient (Wildman–Crippen LogP) is -1.78. The van der Waals surface area contributed by atoms with E-state index in [1.54, 1.807) is 0 Å². The van der Waals surface area contributed by atoms with Crippen LogP contribution >= 0.6 is 0 Å². The predicted molar refractivity (Wildman–Crippen MR) is 46.8 cm³/mol. The Morgan fingerprint density at radius 1 is 1.46 bits per heavy atom. The number of rotatable bonds is 6. The van der Waals surface area contributed by atoms with Gasteiger partial charge in [-0.15, -0.1) is 0 Å². The maximum Gasteiger partial charge on any atom is 0.467 e. The fourth-order valence-corrected chi connectivity index (χ4v) is 1.69. The Labute approximate surface area is 77.4 Å². The van der Waals surface area contributed by atoms with Crippen molar-refractivity contribution in [2.45, 2.75) is 12.8 Å². The molecule has 8 heteroatoms. The van der Waals surface area contributed by atoms with Crippen LogP contribution in [0, 0.1) is 11.3 Å². The van der Waals surface area contributed by atoms with Crippen molar-refractivity contribution in [3.8, 4) is 6.07 Å². The first-order valence-electron chi connectivity index (χ1n) is 3.68. The normalized spacial score (nSPS) is 10.8. The molecule has 0 aromatic carbocycles. The third-order valence-electron chi connectivity index (χ3n) is 1.19. The second-order valence-electron chi connectivity index (χ2n) is 2.41. The van der Waals surface area contributed by atoms with Gasteiger partial charge in [-0.1, -0.05) is 0 Å². The van der Waals surface area contributed by atoms with Crippen LogP contribution in [0.5, 0.6) is 0 Å². The number of nitrogens with zero attached hydrogens (tertiary/aromatic N) is 1. The lowest BCUT2D eigenvalue weighted by Gasteiger charge is -2.03. The van der Waals surface area contributed by atoms with E-state index in [4.69, 9.17) is 15.3 Å². The molecule has 6 nitrogen and oxygen atoms in total. The molecule has 0 fully saturated rings.